The van der Waals surface area contributed by atoms with E-state index in [1.807, 2.05) is 36.1 Å². The number of nitrogens with zero attached hydrogens (tertiary/aromatic N) is 1. The van der Waals surface area contributed by atoms with Gasteiger partial charge in [0.05, 0.1) is 6.10 Å². The zero-order chi connectivity index (χ0) is 13.3. The number of rotatable bonds is 3. The molecule has 4 nitrogen and oxygen atoms in total. The summed E-state index contributed by atoms with van der Waals surface area (Å²) in [7, 11) is 0. The molecular weight excluding hydrogens is 230 g/mol. The minimum Gasteiger partial charge on any atom is -0.480 e. The fraction of sp³-hybridized carbons (Fsp3) is 0.500. The van der Waals surface area contributed by atoms with Gasteiger partial charge in [0, 0.05) is 12.6 Å². The first-order valence-electron chi connectivity index (χ1n) is 6.24. The van der Waals surface area contributed by atoms with Crippen molar-refractivity contribution in [3.8, 4) is 0 Å². The molecule has 2 unspecified atom stereocenters. The van der Waals surface area contributed by atoms with Gasteiger partial charge in [-0.1, -0.05) is 24.3 Å². The van der Waals surface area contributed by atoms with E-state index in [1.165, 1.54) is 0 Å². The first kappa shape index (κ1) is 13.1. The van der Waals surface area contributed by atoms with Crippen LogP contribution in [0.15, 0.2) is 24.3 Å². The molecule has 0 spiro atoms. The second kappa shape index (κ2) is 5.08. The summed E-state index contributed by atoms with van der Waals surface area (Å²) in [5, 5.41) is 19.0. The highest BCUT2D eigenvalue weighted by Gasteiger charge is 2.35. The van der Waals surface area contributed by atoms with Crippen LogP contribution < -0.4 is 0 Å². The fourth-order valence-electron chi connectivity index (χ4n) is 2.48. The van der Waals surface area contributed by atoms with Gasteiger partial charge >= 0.3 is 5.97 Å². The van der Waals surface area contributed by atoms with Gasteiger partial charge in [0.25, 0.3) is 0 Å². The van der Waals surface area contributed by atoms with Crippen molar-refractivity contribution in [2.75, 3.05) is 0 Å². The van der Waals surface area contributed by atoms with Crippen molar-refractivity contribution in [1.82, 2.24) is 4.90 Å². The molecule has 98 valence electrons. The highest BCUT2D eigenvalue weighted by atomic mass is 16.4. The van der Waals surface area contributed by atoms with E-state index in [0.717, 1.165) is 11.1 Å². The van der Waals surface area contributed by atoms with Crippen molar-refractivity contribution in [3.05, 3.63) is 35.4 Å². The molecule has 0 amide bonds. The summed E-state index contributed by atoms with van der Waals surface area (Å²) >= 11 is 0. The largest absolute Gasteiger partial charge is 0.480 e. The number of hydrogen-bond donors (Lipinski definition) is 2. The van der Waals surface area contributed by atoms with Gasteiger partial charge in [0.15, 0.2) is 0 Å². The normalized spacial score (nSPS) is 23.2. The number of fused-ring (bicyclic) bond motifs is 1. The summed E-state index contributed by atoms with van der Waals surface area (Å²) in [5.41, 5.74) is 2.25. The molecule has 1 aliphatic rings. The van der Waals surface area contributed by atoms with E-state index in [1.54, 1.807) is 6.92 Å². The van der Waals surface area contributed by atoms with Crippen LogP contribution in [0.3, 0.4) is 0 Å². The van der Waals surface area contributed by atoms with Gasteiger partial charge in [0.1, 0.15) is 6.04 Å². The monoisotopic (exact) mass is 249 g/mol. The van der Waals surface area contributed by atoms with Crippen molar-refractivity contribution in [2.45, 2.75) is 45.0 Å². The molecule has 1 heterocycles. The molecule has 0 bridgehead atoms. The summed E-state index contributed by atoms with van der Waals surface area (Å²) in [6.07, 6.45) is -0.0418. The molecule has 0 aliphatic carbocycles. The van der Waals surface area contributed by atoms with Gasteiger partial charge in [-0.15, -0.1) is 0 Å². The summed E-state index contributed by atoms with van der Waals surface area (Å²) in [6.45, 7) is 4.15. The minimum absolute atomic E-state index is 0.167. The first-order chi connectivity index (χ1) is 8.50. The van der Waals surface area contributed by atoms with Crippen molar-refractivity contribution >= 4 is 5.97 Å². The van der Waals surface area contributed by atoms with Crippen molar-refractivity contribution < 1.29 is 15.0 Å². The third-order valence-corrected chi connectivity index (χ3v) is 3.79. The molecule has 0 fully saturated rings. The van der Waals surface area contributed by atoms with Gasteiger partial charge in [-0.3, -0.25) is 9.69 Å². The topological polar surface area (TPSA) is 60.8 Å². The number of carboxylic acids is 1. The van der Waals surface area contributed by atoms with E-state index >= 15 is 0 Å². The van der Waals surface area contributed by atoms with Crippen LogP contribution in [-0.4, -0.2) is 39.3 Å². The average molecular weight is 249 g/mol. The number of aliphatic hydroxyl groups excluding tert-OH is 1. The van der Waals surface area contributed by atoms with Crippen LogP contribution in [0.2, 0.25) is 0 Å². The maximum Gasteiger partial charge on any atom is 0.321 e. The van der Waals surface area contributed by atoms with E-state index in [2.05, 4.69) is 0 Å². The van der Waals surface area contributed by atoms with Crippen molar-refractivity contribution in [3.63, 3.8) is 0 Å². The lowest BCUT2D eigenvalue weighted by molar-refractivity contribution is -0.146. The quantitative estimate of drug-likeness (QED) is 0.847. The highest BCUT2D eigenvalue weighted by molar-refractivity contribution is 5.74. The average Bonchev–Trinajstić information content (AvgIpc) is 2.36. The lowest BCUT2D eigenvalue weighted by Crippen LogP contribution is -2.52. The molecule has 18 heavy (non-hydrogen) atoms. The summed E-state index contributed by atoms with van der Waals surface area (Å²) in [4.78, 5) is 13.2. The van der Waals surface area contributed by atoms with Crippen LogP contribution in [0.5, 0.6) is 0 Å². The third-order valence-electron chi connectivity index (χ3n) is 3.79. The van der Waals surface area contributed by atoms with E-state index < -0.39 is 18.1 Å². The number of hydrogen-bond acceptors (Lipinski definition) is 3. The molecule has 3 atom stereocenters. The predicted octanol–water partition coefficient (Wildman–Crippen LogP) is 1.27. The van der Waals surface area contributed by atoms with Crippen LogP contribution in [0.4, 0.5) is 0 Å². The van der Waals surface area contributed by atoms with Crippen molar-refractivity contribution in [1.29, 1.82) is 0 Å². The highest BCUT2D eigenvalue weighted by Crippen LogP contribution is 2.26. The lowest BCUT2D eigenvalue weighted by Gasteiger charge is -2.39. The van der Waals surface area contributed by atoms with Gasteiger partial charge in [0.2, 0.25) is 0 Å². The van der Waals surface area contributed by atoms with Crippen LogP contribution >= 0.6 is 0 Å². The standard InChI is InChI=1S/C14H19NO3/c1-9(10(2)16)15-8-12-6-4-3-5-11(12)7-13(15)14(17)18/h3-6,9-10,13,16H,7-8H2,1-2H3,(H,17,18)/t9?,10?,13-/m0/s1. The SMILES string of the molecule is CC(O)C(C)N1Cc2ccccc2C[C@H]1C(=O)O. The molecule has 2 N–H and O–H groups in total. The molecule has 0 aromatic heterocycles. The summed E-state index contributed by atoms with van der Waals surface area (Å²) in [5.74, 6) is -0.822. The predicted molar refractivity (Wildman–Crippen MR) is 68.3 cm³/mol. The molecule has 1 aromatic carbocycles. The molecule has 0 saturated heterocycles. The number of carboxylic acid groups (broad SMARTS) is 1. The Kier molecular flexibility index (Phi) is 3.68. The Morgan fingerprint density at radius 1 is 1.33 bits per heavy atom. The van der Waals surface area contributed by atoms with Gasteiger partial charge in [-0.25, -0.2) is 0 Å². The van der Waals surface area contributed by atoms with Gasteiger partial charge in [-0.05, 0) is 31.4 Å². The van der Waals surface area contributed by atoms with Crippen LogP contribution in [0.1, 0.15) is 25.0 Å². The molecule has 1 aromatic rings. The Morgan fingerprint density at radius 2 is 1.94 bits per heavy atom. The Balaban J connectivity index is 2.31. The molecule has 4 heteroatoms. The first-order valence-corrected chi connectivity index (χ1v) is 6.24. The molecular formula is C14H19NO3. The zero-order valence-corrected chi connectivity index (χ0v) is 10.7. The molecule has 2 rings (SSSR count). The Hall–Kier alpha value is -1.39. The number of carbonyl (C=O) groups is 1. The summed E-state index contributed by atoms with van der Waals surface area (Å²) in [6, 6.07) is 7.19. The maximum absolute atomic E-state index is 11.4. The van der Waals surface area contributed by atoms with Crippen LogP contribution in [0.25, 0.3) is 0 Å². The Morgan fingerprint density at radius 3 is 2.50 bits per heavy atom. The number of aliphatic carboxylic acids is 1. The fourth-order valence-corrected chi connectivity index (χ4v) is 2.48. The maximum atomic E-state index is 11.4. The molecule has 1 aliphatic heterocycles. The second-order valence-electron chi connectivity index (χ2n) is 4.98. The smallest absolute Gasteiger partial charge is 0.321 e. The van der Waals surface area contributed by atoms with Crippen LogP contribution in [0, 0.1) is 0 Å². The minimum atomic E-state index is -0.822. The van der Waals surface area contributed by atoms with Gasteiger partial charge < -0.3 is 10.2 Å². The van der Waals surface area contributed by atoms with Crippen LogP contribution in [-0.2, 0) is 17.8 Å². The van der Waals surface area contributed by atoms with Gasteiger partial charge in [-0.2, -0.15) is 0 Å². The third kappa shape index (κ3) is 2.40. The van der Waals surface area contributed by atoms with E-state index in [4.69, 9.17) is 0 Å². The second-order valence-corrected chi connectivity index (χ2v) is 4.98. The summed E-state index contributed by atoms with van der Waals surface area (Å²) < 4.78 is 0. The molecule has 0 saturated carbocycles. The molecule has 0 radical (unpaired) electrons. The number of aliphatic hydroxyl groups is 1. The number of benzene rings is 1. The Labute approximate surface area is 107 Å². The van der Waals surface area contributed by atoms with E-state index in [9.17, 15) is 15.0 Å². The van der Waals surface area contributed by atoms with E-state index in [-0.39, 0.29) is 6.04 Å². The van der Waals surface area contributed by atoms with E-state index in [0.29, 0.717) is 13.0 Å². The Bertz CT molecular complexity index is 444. The lowest BCUT2D eigenvalue weighted by atomic mass is 9.92. The van der Waals surface area contributed by atoms with Crippen molar-refractivity contribution in [2.24, 2.45) is 0 Å². The zero-order valence-electron chi connectivity index (χ0n) is 10.7.